The van der Waals surface area contributed by atoms with Gasteiger partial charge in [0.25, 0.3) is 5.91 Å². The van der Waals surface area contributed by atoms with Gasteiger partial charge in [-0.15, -0.1) is 11.3 Å². The third-order valence-electron chi connectivity index (χ3n) is 4.46. The second kappa shape index (κ2) is 10.0. The van der Waals surface area contributed by atoms with Crippen LogP contribution in [-0.4, -0.2) is 31.1 Å². The highest BCUT2D eigenvalue weighted by Gasteiger charge is 2.27. The number of ether oxygens (including phenoxy) is 2. The van der Waals surface area contributed by atoms with Crippen LogP contribution in [0.25, 0.3) is 6.08 Å². The zero-order valence-electron chi connectivity index (χ0n) is 16.2. The minimum atomic E-state index is -0.611. The van der Waals surface area contributed by atoms with Gasteiger partial charge in [-0.25, -0.2) is 9.59 Å². The van der Waals surface area contributed by atoms with Crippen LogP contribution >= 0.6 is 11.3 Å². The average Bonchev–Trinajstić information content (AvgIpc) is 3.09. The molecule has 1 amide bonds. The molecule has 1 N–H and O–H groups in total. The van der Waals surface area contributed by atoms with Gasteiger partial charge in [0.2, 0.25) is 0 Å². The van der Waals surface area contributed by atoms with Crippen LogP contribution in [0.3, 0.4) is 0 Å². The Hall–Kier alpha value is -2.93. The van der Waals surface area contributed by atoms with Gasteiger partial charge in [-0.2, -0.15) is 0 Å². The van der Waals surface area contributed by atoms with Crippen LogP contribution < -0.4 is 5.32 Å². The van der Waals surface area contributed by atoms with Crippen LogP contribution in [0.5, 0.6) is 0 Å². The summed E-state index contributed by atoms with van der Waals surface area (Å²) in [6.45, 7) is 1.59. The molecule has 2 aromatic rings. The molecule has 0 atom stereocenters. The predicted octanol–water partition coefficient (Wildman–Crippen LogP) is 4.00. The summed E-state index contributed by atoms with van der Waals surface area (Å²) in [7, 11) is 0. The van der Waals surface area contributed by atoms with E-state index in [9.17, 15) is 14.4 Å². The number of nitrogens with one attached hydrogen (secondary N) is 1. The third kappa shape index (κ3) is 5.54. The van der Waals surface area contributed by atoms with E-state index in [1.54, 1.807) is 13.0 Å². The van der Waals surface area contributed by atoms with Crippen molar-refractivity contribution in [1.29, 1.82) is 0 Å². The lowest BCUT2D eigenvalue weighted by atomic mass is 9.95. The number of hydrogen-bond donors (Lipinski definition) is 1. The Morgan fingerprint density at radius 2 is 1.86 bits per heavy atom. The van der Waals surface area contributed by atoms with Crippen LogP contribution in [0.1, 0.15) is 46.1 Å². The second-order valence-electron chi connectivity index (χ2n) is 6.54. The first-order valence-electron chi connectivity index (χ1n) is 9.60. The number of carbonyl (C=O) groups is 3. The van der Waals surface area contributed by atoms with Gasteiger partial charge in [-0.1, -0.05) is 30.3 Å². The number of hydrogen-bond acceptors (Lipinski definition) is 6. The average molecular weight is 413 g/mol. The molecule has 1 aromatic carbocycles. The molecule has 1 aliphatic carbocycles. The van der Waals surface area contributed by atoms with Gasteiger partial charge in [-0.3, -0.25) is 4.79 Å². The Balaban J connectivity index is 1.61. The topological polar surface area (TPSA) is 81.7 Å². The molecule has 0 fully saturated rings. The normalized spacial score (nSPS) is 13.0. The number of thiophene rings is 1. The van der Waals surface area contributed by atoms with E-state index in [0.717, 1.165) is 41.7 Å². The van der Waals surface area contributed by atoms with Gasteiger partial charge in [0, 0.05) is 11.0 Å². The Morgan fingerprint density at radius 1 is 1.10 bits per heavy atom. The summed E-state index contributed by atoms with van der Waals surface area (Å²) in [6, 6.07) is 9.31. The van der Waals surface area contributed by atoms with Crippen molar-refractivity contribution in [3.05, 3.63) is 58.0 Å². The molecule has 152 valence electrons. The summed E-state index contributed by atoms with van der Waals surface area (Å²) in [5.41, 5.74) is 2.27. The SMILES string of the molecule is CCOC(=O)c1c(NC(=O)COC(=O)C=Cc2ccccc2)sc2c1CCCC2. The molecular weight excluding hydrogens is 390 g/mol. The molecule has 1 heterocycles. The van der Waals surface area contributed by atoms with Crippen LogP contribution in [0.2, 0.25) is 0 Å². The number of fused-ring (bicyclic) bond motifs is 1. The van der Waals surface area contributed by atoms with E-state index in [0.29, 0.717) is 10.6 Å². The highest BCUT2D eigenvalue weighted by molar-refractivity contribution is 7.17. The van der Waals surface area contributed by atoms with Crippen LogP contribution in [0, 0.1) is 0 Å². The van der Waals surface area contributed by atoms with Crippen molar-refractivity contribution >= 4 is 40.3 Å². The maximum atomic E-state index is 12.4. The molecular formula is C22H23NO5S. The predicted molar refractivity (Wildman–Crippen MR) is 112 cm³/mol. The van der Waals surface area contributed by atoms with Crippen molar-refractivity contribution in [2.24, 2.45) is 0 Å². The van der Waals surface area contributed by atoms with Gasteiger partial charge in [0.05, 0.1) is 12.2 Å². The van der Waals surface area contributed by atoms with Crippen molar-refractivity contribution in [2.75, 3.05) is 18.5 Å². The molecule has 3 rings (SSSR count). The zero-order valence-corrected chi connectivity index (χ0v) is 17.1. The second-order valence-corrected chi connectivity index (χ2v) is 7.64. The number of amides is 1. The molecule has 0 aliphatic heterocycles. The number of esters is 2. The highest BCUT2D eigenvalue weighted by Crippen LogP contribution is 2.38. The van der Waals surface area contributed by atoms with E-state index >= 15 is 0 Å². The van der Waals surface area contributed by atoms with E-state index in [1.165, 1.54) is 17.4 Å². The standard InChI is InChI=1S/C22H23NO5S/c1-2-27-22(26)20-16-10-6-7-11-17(16)29-21(20)23-18(24)14-28-19(25)13-12-15-8-4-3-5-9-15/h3-5,8-9,12-13H,2,6-7,10-11,14H2,1H3,(H,23,24). The fraction of sp³-hybridized carbons (Fsp3) is 0.318. The Labute approximate surface area is 173 Å². The molecule has 0 saturated heterocycles. The van der Waals surface area contributed by atoms with E-state index in [-0.39, 0.29) is 6.61 Å². The maximum absolute atomic E-state index is 12.4. The Bertz CT molecular complexity index is 917. The summed E-state index contributed by atoms with van der Waals surface area (Å²) < 4.78 is 10.2. The molecule has 0 saturated carbocycles. The van der Waals surface area contributed by atoms with Crippen molar-refractivity contribution in [2.45, 2.75) is 32.6 Å². The molecule has 29 heavy (non-hydrogen) atoms. The van der Waals surface area contributed by atoms with Crippen molar-refractivity contribution in [3.63, 3.8) is 0 Å². The Kier molecular flexibility index (Phi) is 7.19. The summed E-state index contributed by atoms with van der Waals surface area (Å²) in [5.74, 6) is -1.53. The lowest BCUT2D eigenvalue weighted by Gasteiger charge is -2.12. The van der Waals surface area contributed by atoms with Crippen molar-refractivity contribution < 1.29 is 23.9 Å². The van der Waals surface area contributed by atoms with Crippen molar-refractivity contribution in [1.82, 2.24) is 0 Å². The third-order valence-corrected chi connectivity index (χ3v) is 5.67. The smallest absolute Gasteiger partial charge is 0.341 e. The van der Waals surface area contributed by atoms with E-state index in [2.05, 4.69) is 5.32 Å². The minimum absolute atomic E-state index is 0.266. The number of benzene rings is 1. The van der Waals surface area contributed by atoms with Gasteiger partial charge >= 0.3 is 11.9 Å². The lowest BCUT2D eigenvalue weighted by molar-refractivity contribution is -0.142. The quantitative estimate of drug-likeness (QED) is 0.548. The number of rotatable bonds is 7. The summed E-state index contributed by atoms with van der Waals surface area (Å²) in [4.78, 5) is 37.6. The fourth-order valence-electron chi connectivity index (χ4n) is 3.15. The number of carbonyl (C=O) groups excluding carboxylic acids is 3. The van der Waals surface area contributed by atoms with Crippen molar-refractivity contribution in [3.8, 4) is 0 Å². The lowest BCUT2D eigenvalue weighted by Crippen LogP contribution is -2.21. The summed E-state index contributed by atoms with van der Waals surface area (Å²) in [5, 5.41) is 3.18. The monoisotopic (exact) mass is 413 g/mol. The van der Waals surface area contributed by atoms with Crippen LogP contribution in [0.15, 0.2) is 36.4 Å². The van der Waals surface area contributed by atoms with Gasteiger partial charge in [-0.05, 0) is 49.8 Å². The van der Waals surface area contributed by atoms with E-state index < -0.39 is 24.5 Å². The number of anilines is 1. The van der Waals surface area contributed by atoms with Crippen LogP contribution in [0.4, 0.5) is 5.00 Å². The zero-order chi connectivity index (χ0) is 20.6. The van der Waals surface area contributed by atoms with Gasteiger partial charge < -0.3 is 14.8 Å². The Morgan fingerprint density at radius 3 is 2.62 bits per heavy atom. The molecule has 0 spiro atoms. The highest BCUT2D eigenvalue weighted by atomic mass is 32.1. The van der Waals surface area contributed by atoms with E-state index in [4.69, 9.17) is 9.47 Å². The molecule has 7 heteroatoms. The van der Waals surface area contributed by atoms with E-state index in [1.807, 2.05) is 30.3 Å². The summed E-state index contributed by atoms with van der Waals surface area (Å²) in [6.07, 6.45) is 6.66. The molecule has 0 unspecified atom stereocenters. The minimum Gasteiger partial charge on any atom is -0.462 e. The fourth-order valence-corrected chi connectivity index (χ4v) is 4.44. The first-order valence-corrected chi connectivity index (χ1v) is 10.4. The largest absolute Gasteiger partial charge is 0.462 e. The van der Waals surface area contributed by atoms with Crippen LogP contribution in [-0.2, 0) is 31.9 Å². The molecule has 0 bridgehead atoms. The van der Waals surface area contributed by atoms with Gasteiger partial charge in [0.15, 0.2) is 6.61 Å². The first-order chi connectivity index (χ1) is 14.1. The maximum Gasteiger partial charge on any atom is 0.341 e. The molecule has 1 aliphatic rings. The summed E-state index contributed by atoms with van der Waals surface area (Å²) >= 11 is 1.40. The molecule has 0 radical (unpaired) electrons. The van der Waals surface area contributed by atoms with Gasteiger partial charge in [0.1, 0.15) is 5.00 Å². The first kappa shape index (κ1) is 20.8. The number of aryl methyl sites for hydroxylation is 1. The molecule has 1 aromatic heterocycles. The molecule has 6 nitrogen and oxygen atoms in total.